The molecule has 0 spiro atoms. The van der Waals surface area contributed by atoms with Crippen LogP contribution in [-0.2, 0) is 9.63 Å². The standard InChI is InChI=1S/C9H17N3O4/c1-11-5-2-3-8(7-11)9(13)10-4-6-16-12(14)15/h8H,2-7H2,1H3,(H,10,13). The molecule has 1 heterocycles. The summed E-state index contributed by atoms with van der Waals surface area (Å²) in [5.74, 6) is -0.0483. The van der Waals surface area contributed by atoms with Crippen LogP contribution in [0.1, 0.15) is 12.8 Å². The van der Waals surface area contributed by atoms with E-state index >= 15 is 0 Å². The quantitative estimate of drug-likeness (QED) is 0.397. The molecule has 0 aliphatic carbocycles. The highest BCUT2D eigenvalue weighted by Gasteiger charge is 2.23. The molecule has 1 aliphatic heterocycles. The Morgan fingerprint density at radius 1 is 1.69 bits per heavy atom. The molecule has 0 aromatic rings. The van der Waals surface area contributed by atoms with E-state index in [1.165, 1.54) is 0 Å². The molecule has 1 N–H and O–H groups in total. The summed E-state index contributed by atoms with van der Waals surface area (Å²) >= 11 is 0. The van der Waals surface area contributed by atoms with Crippen molar-refractivity contribution < 1.29 is 14.7 Å². The highest BCUT2D eigenvalue weighted by molar-refractivity contribution is 5.78. The van der Waals surface area contributed by atoms with Crippen molar-refractivity contribution >= 4 is 5.91 Å². The first-order valence-corrected chi connectivity index (χ1v) is 5.33. The first kappa shape index (κ1) is 12.7. The van der Waals surface area contributed by atoms with Gasteiger partial charge in [-0.25, -0.2) is 0 Å². The van der Waals surface area contributed by atoms with Crippen LogP contribution in [0.25, 0.3) is 0 Å². The molecule has 1 aliphatic rings. The maximum atomic E-state index is 11.6. The van der Waals surface area contributed by atoms with Crippen LogP contribution in [0.2, 0.25) is 0 Å². The molecule has 1 unspecified atom stereocenters. The van der Waals surface area contributed by atoms with E-state index in [2.05, 4.69) is 15.1 Å². The Labute approximate surface area is 93.8 Å². The van der Waals surface area contributed by atoms with Gasteiger partial charge in [-0.2, -0.15) is 0 Å². The molecule has 1 saturated heterocycles. The third kappa shape index (κ3) is 4.43. The van der Waals surface area contributed by atoms with Gasteiger partial charge in [-0.15, -0.1) is 10.1 Å². The Morgan fingerprint density at radius 3 is 3.06 bits per heavy atom. The van der Waals surface area contributed by atoms with E-state index < -0.39 is 5.09 Å². The number of hydrogen-bond acceptors (Lipinski definition) is 5. The van der Waals surface area contributed by atoms with E-state index in [4.69, 9.17) is 0 Å². The lowest BCUT2D eigenvalue weighted by Gasteiger charge is -2.28. The van der Waals surface area contributed by atoms with Gasteiger partial charge in [0.2, 0.25) is 5.91 Å². The first-order valence-electron chi connectivity index (χ1n) is 5.33. The van der Waals surface area contributed by atoms with Crippen LogP contribution < -0.4 is 5.32 Å². The number of likely N-dealkylation sites (tertiary alicyclic amines) is 1. The monoisotopic (exact) mass is 231 g/mol. The average molecular weight is 231 g/mol. The number of amides is 1. The van der Waals surface area contributed by atoms with Gasteiger partial charge in [-0.05, 0) is 26.4 Å². The molecule has 1 rings (SSSR count). The summed E-state index contributed by atoms with van der Waals surface area (Å²) in [7, 11) is 1.98. The van der Waals surface area contributed by atoms with Gasteiger partial charge >= 0.3 is 0 Å². The van der Waals surface area contributed by atoms with Gasteiger partial charge in [0, 0.05) is 13.1 Å². The number of nitrogens with one attached hydrogen (secondary N) is 1. The Hall–Kier alpha value is -1.37. The van der Waals surface area contributed by atoms with Crippen LogP contribution in [0.3, 0.4) is 0 Å². The summed E-state index contributed by atoms with van der Waals surface area (Å²) in [5.41, 5.74) is 0. The number of hydrogen-bond donors (Lipinski definition) is 1. The summed E-state index contributed by atoms with van der Waals surface area (Å²) in [6.07, 6.45) is 1.90. The summed E-state index contributed by atoms with van der Waals surface area (Å²) < 4.78 is 0. The Bertz CT molecular complexity index is 259. The maximum Gasteiger partial charge on any atom is 0.294 e. The molecular weight excluding hydrogens is 214 g/mol. The molecule has 1 fully saturated rings. The molecular formula is C9H17N3O4. The Balaban J connectivity index is 2.16. The molecule has 0 saturated carbocycles. The predicted molar refractivity (Wildman–Crippen MR) is 56.2 cm³/mol. The number of carbonyl (C=O) groups excluding carboxylic acids is 1. The maximum absolute atomic E-state index is 11.6. The second-order valence-corrected chi connectivity index (χ2v) is 3.95. The first-order chi connectivity index (χ1) is 7.59. The topological polar surface area (TPSA) is 84.7 Å². The van der Waals surface area contributed by atoms with Crippen LogP contribution in [0.4, 0.5) is 0 Å². The van der Waals surface area contributed by atoms with Crippen molar-refractivity contribution in [1.29, 1.82) is 0 Å². The lowest BCUT2D eigenvalue weighted by molar-refractivity contribution is -0.757. The highest BCUT2D eigenvalue weighted by atomic mass is 16.9. The molecule has 1 amide bonds. The van der Waals surface area contributed by atoms with Crippen LogP contribution in [0.15, 0.2) is 0 Å². The van der Waals surface area contributed by atoms with Crippen LogP contribution in [0, 0.1) is 16.0 Å². The molecule has 7 nitrogen and oxygen atoms in total. The molecule has 0 aromatic heterocycles. The van der Waals surface area contributed by atoms with Gasteiger partial charge in [0.1, 0.15) is 6.61 Å². The molecule has 7 heteroatoms. The third-order valence-corrected chi connectivity index (χ3v) is 2.59. The molecule has 16 heavy (non-hydrogen) atoms. The van der Waals surface area contributed by atoms with E-state index in [0.29, 0.717) is 0 Å². The SMILES string of the molecule is CN1CCCC(C(=O)NCCO[N+](=O)[O-])C1. The lowest BCUT2D eigenvalue weighted by Crippen LogP contribution is -2.42. The van der Waals surface area contributed by atoms with E-state index in [-0.39, 0.29) is 25.0 Å². The molecule has 0 bridgehead atoms. The summed E-state index contributed by atoms with van der Waals surface area (Å²) in [6.45, 7) is 1.86. The largest absolute Gasteiger partial charge is 0.354 e. The predicted octanol–water partition coefficient (Wildman–Crippen LogP) is -0.347. The molecule has 0 radical (unpaired) electrons. The van der Waals surface area contributed by atoms with Crippen LogP contribution in [0.5, 0.6) is 0 Å². The normalized spacial score (nSPS) is 21.4. The minimum atomic E-state index is -0.861. The van der Waals surface area contributed by atoms with E-state index in [1.807, 2.05) is 7.05 Å². The van der Waals surface area contributed by atoms with E-state index in [0.717, 1.165) is 25.9 Å². The number of rotatable bonds is 5. The summed E-state index contributed by atoms with van der Waals surface area (Å²) in [6, 6.07) is 0. The van der Waals surface area contributed by atoms with Crippen molar-refractivity contribution in [2.75, 3.05) is 33.3 Å². The Kier molecular flexibility index (Phi) is 4.97. The fourth-order valence-corrected chi connectivity index (χ4v) is 1.82. The second kappa shape index (κ2) is 6.26. The molecule has 1 atom stereocenters. The lowest BCUT2D eigenvalue weighted by atomic mass is 9.98. The number of piperidine rings is 1. The van der Waals surface area contributed by atoms with Crippen molar-refractivity contribution in [2.45, 2.75) is 12.8 Å². The zero-order chi connectivity index (χ0) is 12.0. The van der Waals surface area contributed by atoms with Crippen molar-refractivity contribution in [3.8, 4) is 0 Å². The third-order valence-electron chi connectivity index (χ3n) is 2.59. The minimum absolute atomic E-state index is 0.00523. The smallest absolute Gasteiger partial charge is 0.294 e. The van der Waals surface area contributed by atoms with Gasteiger partial charge in [-0.3, -0.25) is 4.79 Å². The minimum Gasteiger partial charge on any atom is -0.354 e. The number of nitrogens with zero attached hydrogens (tertiary/aromatic N) is 2. The van der Waals surface area contributed by atoms with Crippen LogP contribution in [-0.4, -0.2) is 49.2 Å². The molecule has 0 aromatic carbocycles. The fraction of sp³-hybridized carbons (Fsp3) is 0.889. The van der Waals surface area contributed by atoms with Gasteiger partial charge in [0.05, 0.1) is 5.92 Å². The summed E-state index contributed by atoms with van der Waals surface area (Å²) in [5, 5.41) is 11.6. The van der Waals surface area contributed by atoms with Gasteiger partial charge in [0.25, 0.3) is 5.09 Å². The van der Waals surface area contributed by atoms with Gasteiger partial charge < -0.3 is 15.1 Å². The number of carbonyl (C=O) groups is 1. The fourth-order valence-electron chi connectivity index (χ4n) is 1.82. The van der Waals surface area contributed by atoms with E-state index in [9.17, 15) is 14.9 Å². The average Bonchev–Trinajstić information content (AvgIpc) is 2.24. The van der Waals surface area contributed by atoms with Crippen molar-refractivity contribution in [1.82, 2.24) is 10.2 Å². The van der Waals surface area contributed by atoms with Crippen molar-refractivity contribution in [2.24, 2.45) is 5.92 Å². The van der Waals surface area contributed by atoms with Crippen LogP contribution >= 0.6 is 0 Å². The van der Waals surface area contributed by atoms with Gasteiger partial charge in [0.15, 0.2) is 0 Å². The Morgan fingerprint density at radius 2 is 2.44 bits per heavy atom. The molecule has 92 valence electrons. The zero-order valence-electron chi connectivity index (χ0n) is 9.35. The highest BCUT2D eigenvalue weighted by Crippen LogP contribution is 2.14. The van der Waals surface area contributed by atoms with Crippen molar-refractivity contribution in [3.63, 3.8) is 0 Å². The summed E-state index contributed by atoms with van der Waals surface area (Å²) in [4.78, 5) is 27.7. The van der Waals surface area contributed by atoms with Crippen molar-refractivity contribution in [3.05, 3.63) is 10.1 Å². The second-order valence-electron chi connectivity index (χ2n) is 3.95. The van der Waals surface area contributed by atoms with E-state index in [1.54, 1.807) is 0 Å². The zero-order valence-corrected chi connectivity index (χ0v) is 9.35. The van der Waals surface area contributed by atoms with Gasteiger partial charge in [-0.1, -0.05) is 0 Å².